The third-order valence-electron chi connectivity index (χ3n) is 3.65. The van der Waals surface area contributed by atoms with Crippen molar-refractivity contribution in [2.45, 2.75) is 33.1 Å². The first-order valence-electron chi connectivity index (χ1n) is 7.93. The predicted molar refractivity (Wildman–Crippen MR) is 97.2 cm³/mol. The van der Waals surface area contributed by atoms with Crippen LogP contribution in [0.4, 0.5) is 11.4 Å². The number of carbonyl (C=O) groups is 2. The van der Waals surface area contributed by atoms with Crippen molar-refractivity contribution in [2.75, 3.05) is 17.7 Å². The van der Waals surface area contributed by atoms with E-state index in [0.29, 0.717) is 22.8 Å². The van der Waals surface area contributed by atoms with Gasteiger partial charge in [-0.1, -0.05) is 20.8 Å². The highest BCUT2D eigenvalue weighted by atomic mass is 16.5. The van der Waals surface area contributed by atoms with Crippen molar-refractivity contribution in [3.05, 3.63) is 35.7 Å². The Bertz CT molecular complexity index is 803. The molecular formula is C18H24N4O3. The topological polar surface area (TPSA) is 85.2 Å². The lowest BCUT2D eigenvalue weighted by molar-refractivity contribution is -0.114. The number of methoxy groups -OCH3 is 1. The maximum atomic E-state index is 12.7. The van der Waals surface area contributed by atoms with Crippen LogP contribution in [0.15, 0.2) is 24.3 Å². The van der Waals surface area contributed by atoms with Gasteiger partial charge in [0.2, 0.25) is 5.91 Å². The minimum atomic E-state index is -0.302. The second-order valence-corrected chi connectivity index (χ2v) is 6.84. The van der Waals surface area contributed by atoms with Crippen LogP contribution in [-0.2, 0) is 17.3 Å². The van der Waals surface area contributed by atoms with Gasteiger partial charge in [0.05, 0.1) is 18.5 Å². The smallest absolute Gasteiger partial charge is 0.274 e. The van der Waals surface area contributed by atoms with E-state index in [1.54, 1.807) is 36.0 Å². The molecule has 0 saturated carbocycles. The van der Waals surface area contributed by atoms with Crippen LogP contribution >= 0.6 is 0 Å². The van der Waals surface area contributed by atoms with Crippen LogP contribution < -0.4 is 15.4 Å². The van der Waals surface area contributed by atoms with E-state index >= 15 is 0 Å². The molecule has 0 aliphatic carbocycles. The SMILES string of the molecule is COc1ccc(NC(C)=O)cc1NC(=O)c1cc(C(C)(C)C)nn1C. The van der Waals surface area contributed by atoms with Crippen molar-refractivity contribution >= 4 is 23.2 Å². The third-order valence-corrected chi connectivity index (χ3v) is 3.65. The molecule has 0 saturated heterocycles. The number of amides is 2. The maximum absolute atomic E-state index is 12.7. The lowest BCUT2D eigenvalue weighted by Crippen LogP contribution is -2.17. The van der Waals surface area contributed by atoms with Crippen molar-refractivity contribution in [3.63, 3.8) is 0 Å². The van der Waals surface area contributed by atoms with Gasteiger partial charge >= 0.3 is 0 Å². The highest BCUT2D eigenvalue weighted by Crippen LogP contribution is 2.29. The lowest BCUT2D eigenvalue weighted by Gasteiger charge is -2.13. The summed E-state index contributed by atoms with van der Waals surface area (Å²) >= 11 is 0. The van der Waals surface area contributed by atoms with Crippen LogP contribution in [0.2, 0.25) is 0 Å². The van der Waals surface area contributed by atoms with Crippen molar-refractivity contribution in [3.8, 4) is 5.75 Å². The number of hydrogen-bond donors (Lipinski definition) is 2. The number of benzene rings is 1. The first kappa shape index (κ1) is 18.5. The normalized spacial score (nSPS) is 11.1. The van der Waals surface area contributed by atoms with Crippen LogP contribution in [-0.4, -0.2) is 28.7 Å². The van der Waals surface area contributed by atoms with E-state index < -0.39 is 0 Å². The van der Waals surface area contributed by atoms with Gasteiger partial charge in [-0.25, -0.2) is 0 Å². The largest absolute Gasteiger partial charge is 0.495 e. The number of nitrogens with one attached hydrogen (secondary N) is 2. The second-order valence-electron chi connectivity index (χ2n) is 6.84. The van der Waals surface area contributed by atoms with Crippen LogP contribution in [0.1, 0.15) is 43.9 Å². The molecule has 1 heterocycles. The van der Waals surface area contributed by atoms with E-state index in [-0.39, 0.29) is 17.2 Å². The first-order chi connectivity index (χ1) is 11.6. The standard InChI is InChI=1S/C18H24N4O3/c1-11(23)19-12-7-8-15(25-6)13(9-12)20-17(24)14-10-16(18(2,3)4)21-22(14)5/h7-10H,1-6H3,(H,19,23)(H,20,24). The molecule has 0 spiro atoms. The number of nitrogens with zero attached hydrogens (tertiary/aromatic N) is 2. The van der Waals surface area contributed by atoms with Crippen LogP contribution in [0.5, 0.6) is 5.75 Å². The zero-order chi connectivity index (χ0) is 18.8. The fourth-order valence-corrected chi connectivity index (χ4v) is 2.32. The number of aryl methyl sites for hydroxylation is 1. The molecule has 0 aliphatic heterocycles. The number of aromatic nitrogens is 2. The van der Waals surface area contributed by atoms with E-state index in [2.05, 4.69) is 15.7 Å². The van der Waals surface area contributed by atoms with Gasteiger partial charge in [-0.3, -0.25) is 14.3 Å². The van der Waals surface area contributed by atoms with Gasteiger partial charge in [-0.05, 0) is 24.3 Å². The highest BCUT2D eigenvalue weighted by molar-refractivity contribution is 6.04. The fourth-order valence-electron chi connectivity index (χ4n) is 2.32. The molecule has 0 bridgehead atoms. The average Bonchev–Trinajstić information content (AvgIpc) is 2.89. The van der Waals surface area contributed by atoms with Gasteiger partial charge in [0.15, 0.2) is 0 Å². The van der Waals surface area contributed by atoms with E-state index in [0.717, 1.165) is 5.69 Å². The molecule has 134 valence electrons. The highest BCUT2D eigenvalue weighted by Gasteiger charge is 2.22. The Morgan fingerprint density at radius 1 is 1.16 bits per heavy atom. The zero-order valence-electron chi connectivity index (χ0n) is 15.4. The second kappa shape index (κ2) is 6.96. The number of anilines is 2. The zero-order valence-corrected chi connectivity index (χ0v) is 15.4. The van der Waals surface area contributed by atoms with Gasteiger partial charge in [-0.2, -0.15) is 5.10 Å². The van der Waals surface area contributed by atoms with E-state index in [9.17, 15) is 9.59 Å². The Labute approximate surface area is 147 Å². The molecule has 25 heavy (non-hydrogen) atoms. The number of ether oxygens (including phenoxy) is 1. The van der Waals surface area contributed by atoms with Gasteiger partial charge in [-0.15, -0.1) is 0 Å². The summed E-state index contributed by atoms with van der Waals surface area (Å²) in [6, 6.07) is 6.82. The molecule has 1 aromatic heterocycles. The molecule has 2 amide bonds. The molecule has 0 atom stereocenters. The van der Waals surface area contributed by atoms with Crippen LogP contribution in [0, 0.1) is 0 Å². The summed E-state index contributed by atoms with van der Waals surface area (Å²) < 4.78 is 6.84. The Balaban J connectivity index is 2.31. The molecule has 2 aromatic rings. The van der Waals surface area contributed by atoms with Gasteiger partial charge in [0, 0.05) is 25.1 Å². The Hall–Kier alpha value is -2.83. The Morgan fingerprint density at radius 2 is 1.84 bits per heavy atom. The molecule has 2 N–H and O–H groups in total. The van der Waals surface area contributed by atoms with Crippen LogP contribution in [0.25, 0.3) is 0 Å². The summed E-state index contributed by atoms with van der Waals surface area (Å²) in [5.41, 5.74) is 2.16. The molecule has 0 unspecified atom stereocenters. The summed E-state index contributed by atoms with van der Waals surface area (Å²) in [4.78, 5) is 23.9. The number of rotatable bonds is 4. The van der Waals surface area contributed by atoms with Crippen molar-refractivity contribution < 1.29 is 14.3 Å². The monoisotopic (exact) mass is 344 g/mol. The summed E-state index contributed by atoms with van der Waals surface area (Å²) in [6.07, 6.45) is 0. The molecule has 0 aliphatic rings. The molecule has 7 nitrogen and oxygen atoms in total. The van der Waals surface area contributed by atoms with E-state index in [1.165, 1.54) is 14.0 Å². The van der Waals surface area contributed by atoms with Gasteiger partial charge < -0.3 is 15.4 Å². The Kier molecular flexibility index (Phi) is 5.15. The number of hydrogen-bond acceptors (Lipinski definition) is 4. The summed E-state index contributed by atoms with van der Waals surface area (Å²) in [5.74, 6) is 0.00772. The average molecular weight is 344 g/mol. The molecular weight excluding hydrogens is 320 g/mol. The van der Waals surface area contributed by atoms with Crippen LogP contribution in [0.3, 0.4) is 0 Å². The first-order valence-corrected chi connectivity index (χ1v) is 7.93. The van der Waals surface area contributed by atoms with Crippen molar-refractivity contribution in [1.29, 1.82) is 0 Å². The predicted octanol–water partition coefficient (Wildman–Crippen LogP) is 2.94. The molecule has 2 rings (SSSR count). The summed E-state index contributed by atoms with van der Waals surface area (Å²) in [7, 11) is 3.25. The summed E-state index contributed by atoms with van der Waals surface area (Å²) in [6.45, 7) is 7.54. The quantitative estimate of drug-likeness (QED) is 0.893. The van der Waals surface area contributed by atoms with Crippen molar-refractivity contribution in [2.24, 2.45) is 7.05 Å². The third kappa shape index (κ3) is 4.37. The minimum absolute atomic E-state index is 0.153. The lowest BCUT2D eigenvalue weighted by atomic mass is 9.92. The molecule has 7 heteroatoms. The van der Waals surface area contributed by atoms with Gasteiger partial charge in [0.1, 0.15) is 11.4 Å². The molecule has 0 fully saturated rings. The van der Waals surface area contributed by atoms with Gasteiger partial charge in [0.25, 0.3) is 5.91 Å². The molecule has 1 aromatic carbocycles. The van der Waals surface area contributed by atoms with E-state index in [4.69, 9.17) is 4.74 Å². The number of carbonyl (C=O) groups excluding carboxylic acids is 2. The van der Waals surface area contributed by atoms with Crippen molar-refractivity contribution in [1.82, 2.24) is 9.78 Å². The van der Waals surface area contributed by atoms with E-state index in [1.807, 2.05) is 20.8 Å². The minimum Gasteiger partial charge on any atom is -0.495 e. The fraction of sp³-hybridized carbons (Fsp3) is 0.389. The Morgan fingerprint density at radius 3 is 2.36 bits per heavy atom. The molecule has 0 radical (unpaired) electrons. The summed E-state index contributed by atoms with van der Waals surface area (Å²) in [5, 5.41) is 9.91. The maximum Gasteiger partial charge on any atom is 0.274 e.